The zero-order valence-corrected chi connectivity index (χ0v) is 17.5. The molecule has 0 aliphatic carbocycles. The molecule has 1 N–H and O–H groups in total. The molecule has 0 saturated carbocycles. The monoisotopic (exact) mass is 420 g/mol. The van der Waals surface area contributed by atoms with Crippen molar-refractivity contribution in [3.63, 3.8) is 0 Å². The molecule has 0 atom stereocenters. The van der Waals surface area contributed by atoms with Gasteiger partial charge in [0.1, 0.15) is 0 Å². The topological polar surface area (TPSA) is 95.7 Å². The van der Waals surface area contributed by atoms with Crippen LogP contribution in [0.5, 0.6) is 0 Å². The van der Waals surface area contributed by atoms with Gasteiger partial charge in [0, 0.05) is 44.4 Å². The molecular weight excluding hydrogens is 396 g/mol. The van der Waals surface area contributed by atoms with Crippen LogP contribution < -0.4 is 4.90 Å². The number of nitrogens with zero attached hydrogens (tertiary/aromatic N) is 4. The lowest BCUT2D eigenvalue weighted by molar-refractivity contribution is 0.0696. The summed E-state index contributed by atoms with van der Waals surface area (Å²) in [4.78, 5) is 44.4. The number of aromatic nitrogens is 2. The Morgan fingerprint density at radius 2 is 1.68 bits per heavy atom. The van der Waals surface area contributed by atoms with Crippen LogP contribution in [-0.4, -0.2) is 57.5 Å². The van der Waals surface area contributed by atoms with E-state index in [4.69, 9.17) is 5.11 Å². The molecule has 8 heteroatoms. The Labute approximate surface area is 179 Å². The highest BCUT2D eigenvalue weighted by Gasteiger charge is 2.29. The number of aromatic carboxylic acids is 1. The van der Waals surface area contributed by atoms with E-state index in [1.54, 1.807) is 30.4 Å². The largest absolute Gasteiger partial charge is 0.478 e. The first-order valence-electron chi connectivity index (χ1n) is 10.2. The van der Waals surface area contributed by atoms with E-state index in [-0.39, 0.29) is 23.3 Å². The number of ketones is 1. The minimum absolute atomic E-state index is 0.104. The van der Waals surface area contributed by atoms with Gasteiger partial charge in [-0.2, -0.15) is 0 Å². The van der Waals surface area contributed by atoms with E-state index < -0.39 is 5.97 Å². The maximum Gasteiger partial charge on any atom is 0.335 e. The molecule has 1 aliphatic rings. The second-order valence-corrected chi connectivity index (χ2v) is 7.88. The zero-order chi connectivity index (χ0) is 22.1. The van der Waals surface area contributed by atoms with Gasteiger partial charge < -0.3 is 14.6 Å². The minimum Gasteiger partial charge on any atom is -0.478 e. The summed E-state index contributed by atoms with van der Waals surface area (Å²) in [5, 5.41) is 9.01. The van der Waals surface area contributed by atoms with E-state index in [9.17, 15) is 14.4 Å². The second-order valence-electron chi connectivity index (χ2n) is 7.88. The van der Waals surface area contributed by atoms with Crippen LogP contribution in [0.15, 0.2) is 48.8 Å². The summed E-state index contributed by atoms with van der Waals surface area (Å²) in [5.74, 6) is -1.02. The summed E-state index contributed by atoms with van der Waals surface area (Å²) in [5.41, 5.74) is 3.26. The predicted octanol–water partition coefficient (Wildman–Crippen LogP) is 3.42. The minimum atomic E-state index is -1.00. The van der Waals surface area contributed by atoms with E-state index in [2.05, 4.69) is 4.98 Å². The first-order chi connectivity index (χ1) is 14.8. The number of amides is 2. The lowest BCUT2D eigenvalue weighted by Crippen LogP contribution is -2.46. The summed E-state index contributed by atoms with van der Waals surface area (Å²) in [7, 11) is 3.57. The van der Waals surface area contributed by atoms with Crippen molar-refractivity contribution >= 4 is 34.5 Å². The number of rotatable bonds is 4. The van der Waals surface area contributed by atoms with Crippen LogP contribution in [0, 0.1) is 5.92 Å². The number of urea groups is 1. The molecule has 8 nitrogen and oxygen atoms in total. The number of carbonyl (C=O) groups excluding carboxylic acids is 2. The third-order valence-corrected chi connectivity index (χ3v) is 5.93. The Morgan fingerprint density at radius 3 is 2.32 bits per heavy atom. The van der Waals surface area contributed by atoms with Crippen LogP contribution in [0.1, 0.15) is 33.6 Å². The van der Waals surface area contributed by atoms with Crippen molar-refractivity contribution in [2.75, 3.05) is 25.0 Å². The quantitative estimate of drug-likeness (QED) is 0.653. The molecule has 2 aromatic carbocycles. The van der Waals surface area contributed by atoms with Crippen molar-refractivity contribution in [1.82, 2.24) is 14.5 Å². The highest BCUT2D eigenvalue weighted by molar-refractivity contribution is 6.00. The van der Waals surface area contributed by atoms with Crippen LogP contribution in [0.4, 0.5) is 10.5 Å². The van der Waals surface area contributed by atoms with Crippen molar-refractivity contribution in [3.8, 4) is 0 Å². The molecule has 0 bridgehead atoms. The standard InChI is InChI=1S/C23H24N4O4/c1-25-14-24-19-8-5-17(13-20(19)25)21(28)15-9-11-27(12-10-15)23(31)26(2)18-6-3-16(4-7-18)22(29)30/h3-8,13-15H,9-12H2,1-2H3,(H,29,30). The Kier molecular flexibility index (Phi) is 5.46. The number of carbonyl (C=O) groups is 3. The summed E-state index contributed by atoms with van der Waals surface area (Å²) in [6.45, 7) is 1.00. The smallest absolute Gasteiger partial charge is 0.335 e. The van der Waals surface area contributed by atoms with Crippen LogP contribution in [0.25, 0.3) is 11.0 Å². The van der Waals surface area contributed by atoms with E-state index >= 15 is 0 Å². The molecule has 0 spiro atoms. The first kappa shape index (κ1) is 20.6. The Balaban J connectivity index is 1.39. The van der Waals surface area contributed by atoms with Gasteiger partial charge in [-0.05, 0) is 55.3 Å². The lowest BCUT2D eigenvalue weighted by Gasteiger charge is -2.34. The highest BCUT2D eigenvalue weighted by Crippen LogP contribution is 2.25. The average Bonchev–Trinajstić information content (AvgIpc) is 3.18. The number of carboxylic acids is 1. The number of hydrogen-bond acceptors (Lipinski definition) is 4. The highest BCUT2D eigenvalue weighted by atomic mass is 16.4. The maximum absolute atomic E-state index is 13.0. The number of likely N-dealkylation sites (tertiary alicyclic amines) is 1. The lowest BCUT2D eigenvalue weighted by atomic mass is 9.89. The van der Waals surface area contributed by atoms with Crippen molar-refractivity contribution in [3.05, 3.63) is 59.9 Å². The van der Waals surface area contributed by atoms with Crippen molar-refractivity contribution in [2.45, 2.75) is 12.8 Å². The van der Waals surface area contributed by atoms with Crippen molar-refractivity contribution < 1.29 is 19.5 Å². The van der Waals surface area contributed by atoms with Gasteiger partial charge in [0.25, 0.3) is 0 Å². The summed E-state index contributed by atoms with van der Waals surface area (Å²) in [6.07, 6.45) is 2.95. The van der Waals surface area contributed by atoms with E-state index in [0.29, 0.717) is 37.2 Å². The molecule has 160 valence electrons. The van der Waals surface area contributed by atoms with Crippen molar-refractivity contribution in [2.24, 2.45) is 13.0 Å². The molecule has 0 radical (unpaired) electrons. The number of carboxylic acid groups (broad SMARTS) is 1. The van der Waals surface area contributed by atoms with Gasteiger partial charge in [-0.3, -0.25) is 9.69 Å². The van der Waals surface area contributed by atoms with Gasteiger partial charge in [0.2, 0.25) is 0 Å². The Bertz CT molecular complexity index is 1140. The van der Waals surface area contributed by atoms with Gasteiger partial charge in [-0.1, -0.05) is 0 Å². The number of Topliss-reactive ketones (excluding diaryl/α,β-unsaturated/α-hetero) is 1. The van der Waals surface area contributed by atoms with Gasteiger partial charge in [-0.15, -0.1) is 0 Å². The summed E-state index contributed by atoms with van der Waals surface area (Å²) < 4.78 is 1.90. The third kappa shape index (κ3) is 4.01. The fourth-order valence-corrected chi connectivity index (χ4v) is 4.00. The molecule has 4 rings (SSSR count). The fourth-order valence-electron chi connectivity index (χ4n) is 4.00. The number of benzene rings is 2. The van der Waals surface area contributed by atoms with Crippen molar-refractivity contribution in [1.29, 1.82) is 0 Å². The molecule has 31 heavy (non-hydrogen) atoms. The van der Waals surface area contributed by atoms with Gasteiger partial charge in [-0.25, -0.2) is 14.6 Å². The van der Waals surface area contributed by atoms with Gasteiger partial charge in [0.15, 0.2) is 5.78 Å². The van der Waals surface area contributed by atoms with Gasteiger partial charge >= 0.3 is 12.0 Å². The number of hydrogen-bond donors (Lipinski definition) is 1. The normalized spacial score (nSPS) is 14.6. The molecular formula is C23H24N4O4. The van der Waals surface area contributed by atoms with Crippen LogP contribution in [-0.2, 0) is 7.05 Å². The predicted molar refractivity (Wildman–Crippen MR) is 117 cm³/mol. The Hall–Kier alpha value is -3.68. The average molecular weight is 420 g/mol. The Morgan fingerprint density at radius 1 is 1.03 bits per heavy atom. The number of piperidine rings is 1. The summed E-state index contributed by atoms with van der Waals surface area (Å²) in [6, 6.07) is 11.6. The SMILES string of the molecule is CN(C(=O)N1CCC(C(=O)c2ccc3ncn(C)c3c2)CC1)c1ccc(C(=O)O)cc1. The van der Waals surface area contributed by atoms with E-state index in [1.165, 1.54) is 17.0 Å². The molecule has 1 aromatic heterocycles. The molecule has 0 unspecified atom stereocenters. The van der Waals surface area contributed by atoms with E-state index in [1.807, 2.05) is 29.8 Å². The molecule has 1 saturated heterocycles. The van der Waals surface area contributed by atoms with Crippen LogP contribution in [0.2, 0.25) is 0 Å². The molecule has 1 aliphatic heterocycles. The van der Waals surface area contributed by atoms with Crippen LogP contribution in [0.3, 0.4) is 0 Å². The summed E-state index contributed by atoms with van der Waals surface area (Å²) >= 11 is 0. The van der Waals surface area contributed by atoms with Crippen LogP contribution >= 0.6 is 0 Å². The number of fused-ring (bicyclic) bond motifs is 1. The number of anilines is 1. The van der Waals surface area contributed by atoms with Gasteiger partial charge in [0.05, 0.1) is 22.9 Å². The number of aryl methyl sites for hydroxylation is 1. The molecule has 3 aromatic rings. The molecule has 1 fully saturated rings. The molecule has 2 heterocycles. The first-order valence-corrected chi connectivity index (χ1v) is 10.2. The second kappa shape index (κ2) is 8.22. The third-order valence-electron chi connectivity index (χ3n) is 5.93. The molecule has 2 amide bonds. The van der Waals surface area contributed by atoms with E-state index in [0.717, 1.165) is 11.0 Å². The fraction of sp³-hybridized carbons (Fsp3) is 0.304. The number of imidazole rings is 1. The zero-order valence-electron chi connectivity index (χ0n) is 17.5. The maximum atomic E-state index is 13.0.